The van der Waals surface area contributed by atoms with Gasteiger partial charge in [0.15, 0.2) is 23.6 Å². The number of hydrogen-bond acceptors (Lipinski definition) is 11. The molecule has 0 unspecified atom stereocenters. The van der Waals surface area contributed by atoms with Gasteiger partial charge in [-0.3, -0.25) is 14.4 Å². The molecule has 3 rings (SSSR count). The summed E-state index contributed by atoms with van der Waals surface area (Å²) in [6.07, 6.45) is -1.91. The molecule has 2 aromatic rings. The summed E-state index contributed by atoms with van der Waals surface area (Å²) in [4.78, 5) is 39.0. The summed E-state index contributed by atoms with van der Waals surface area (Å²) in [5.41, 5.74) is 11.4. The van der Waals surface area contributed by atoms with Crippen molar-refractivity contribution in [2.45, 2.75) is 44.7 Å². The van der Waals surface area contributed by atoms with E-state index in [9.17, 15) is 14.4 Å². The Labute approximate surface area is 171 Å². The van der Waals surface area contributed by atoms with Crippen molar-refractivity contribution in [1.29, 1.82) is 0 Å². The molecule has 12 heteroatoms. The molecule has 0 aliphatic carbocycles. The van der Waals surface area contributed by atoms with Crippen molar-refractivity contribution >= 4 is 29.2 Å². The topological polar surface area (TPSA) is 170 Å². The lowest BCUT2D eigenvalue weighted by molar-refractivity contribution is -0.175. The van der Waals surface area contributed by atoms with Gasteiger partial charge in [0.2, 0.25) is 0 Å². The minimum Gasteiger partial charge on any atom is -0.463 e. The number of esters is 3. The van der Waals surface area contributed by atoms with Crippen LogP contribution in [0.4, 0.5) is 5.82 Å². The second-order valence-corrected chi connectivity index (χ2v) is 6.89. The van der Waals surface area contributed by atoms with Crippen molar-refractivity contribution in [3.05, 3.63) is 24.2 Å². The molecule has 0 saturated carbocycles. The van der Waals surface area contributed by atoms with E-state index in [1.54, 1.807) is 12.1 Å². The van der Waals surface area contributed by atoms with Crippen LogP contribution in [-0.4, -0.2) is 63.5 Å². The van der Waals surface area contributed by atoms with E-state index in [0.717, 1.165) is 0 Å². The Morgan fingerprint density at radius 1 is 1.17 bits per heavy atom. The van der Waals surface area contributed by atoms with E-state index in [1.807, 2.05) is 0 Å². The number of nitrogen functional groups attached to an aromatic ring is 1. The van der Waals surface area contributed by atoms with E-state index < -0.39 is 41.8 Å². The minimum absolute atomic E-state index is 0.188. The number of hydrogen-bond donors (Lipinski definition) is 2. The largest absolute Gasteiger partial charge is 0.463 e. The number of nitrogens with two attached hydrogens (primary N) is 2. The lowest BCUT2D eigenvalue weighted by Crippen LogP contribution is -2.55. The molecule has 162 valence electrons. The lowest BCUT2D eigenvalue weighted by Gasteiger charge is -2.32. The Kier molecular flexibility index (Phi) is 5.89. The van der Waals surface area contributed by atoms with Crippen LogP contribution in [0.25, 0.3) is 5.52 Å². The van der Waals surface area contributed by atoms with E-state index >= 15 is 0 Å². The number of carbonyl (C=O) groups excluding carboxylic acids is 3. The van der Waals surface area contributed by atoms with Gasteiger partial charge in [0, 0.05) is 27.3 Å². The SMILES string of the molecule is CC(=O)OC[C@@]1(CN)O[C@@H](c2ccc3c(N)ncnn23)[C@H](OC(C)=O)[C@@H]1OC(C)=O. The average Bonchev–Trinajstić information content (AvgIpc) is 3.21. The zero-order valence-electron chi connectivity index (χ0n) is 16.7. The van der Waals surface area contributed by atoms with Crippen molar-refractivity contribution in [3.8, 4) is 0 Å². The number of fused-ring (bicyclic) bond motifs is 1. The number of aromatic nitrogens is 3. The molecule has 0 radical (unpaired) electrons. The first kappa shape index (κ1) is 21.5. The Bertz CT molecular complexity index is 977. The third-order valence-electron chi connectivity index (χ3n) is 4.74. The number of anilines is 1. The summed E-state index contributed by atoms with van der Waals surface area (Å²) in [5, 5.41) is 4.17. The van der Waals surface area contributed by atoms with E-state index in [2.05, 4.69) is 10.1 Å². The van der Waals surface area contributed by atoms with Gasteiger partial charge >= 0.3 is 17.9 Å². The van der Waals surface area contributed by atoms with Gasteiger partial charge in [0.1, 0.15) is 24.6 Å². The summed E-state index contributed by atoms with van der Waals surface area (Å²) in [7, 11) is 0. The molecule has 0 spiro atoms. The first-order valence-corrected chi connectivity index (χ1v) is 9.12. The maximum Gasteiger partial charge on any atom is 0.303 e. The molecule has 1 saturated heterocycles. The zero-order chi connectivity index (χ0) is 22.1. The molecule has 2 aromatic heterocycles. The Balaban J connectivity index is 2.12. The van der Waals surface area contributed by atoms with Crippen LogP contribution < -0.4 is 11.5 Å². The van der Waals surface area contributed by atoms with Crippen molar-refractivity contribution in [2.75, 3.05) is 18.9 Å². The van der Waals surface area contributed by atoms with Gasteiger partial charge in [-0.15, -0.1) is 0 Å². The van der Waals surface area contributed by atoms with Crippen LogP contribution in [0.1, 0.15) is 32.6 Å². The van der Waals surface area contributed by atoms with E-state index in [4.69, 9.17) is 30.4 Å². The fraction of sp³-hybridized carbons (Fsp3) is 0.500. The summed E-state index contributed by atoms with van der Waals surface area (Å²) >= 11 is 0. The summed E-state index contributed by atoms with van der Waals surface area (Å²) in [6.45, 7) is 3.14. The van der Waals surface area contributed by atoms with Crippen LogP contribution in [0.2, 0.25) is 0 Å². The third-order valence-corrected chi connectivity index (χ3v) is 4.74. The molecule has 30 heavy (non-hydrogen) atoms. The number of rotatable bonds is 6. The maximum atomic E-state index is 11.8. The molecule has 4 atom stereocenters. The number of ether oxygens (including phenoxy) is 4. The van der Waals surface area contributed by atoms with Gasteiger partial charge in [-0.25, -0.2) is 9.50 Å². The van der Waals surface area contributed by atoms with Crippen LogP contribution in [0.15, 0.2) is 18.5 Å². The third kappa shape index (κ3) is 3.91. The second kappa shape index (κ2) is 8.24. The van der Waals surface area contributed by atoms with Crippen LogP contribution in [0, 0.1) is 0 Å². The first-order valence-electron chi connectivity index (χ1n) is 9.12. The van der Waals surface area contributed by atoms with Crippen molar-refractivity contribution in [3.63, 3.8) is 0 Å². The van der Waals surface area contributed by atoms with Crippen LogP contribution in [0.5, 0.6) is 0 Å². The molecule has 1 aliphatic heterocycles. The highest BCUT2D eigenvalue weighted by molar-refractivity contribution is 5.69. The Morgan fingerprint density at radius 2 is 1.87 bits per heavy atom. The smallest absolute Gasteiger partial charge is 0.303 e. The van der Waals surface area contributed by atoms with Gasteiger partial charge in [-0.2, -0.15) is 5.10 Å². The molecule has 12 nitrogen and oxygen atoms in total. The second-order valence-electron chi connectivity index (χ2n) is 6.89. The molecule has 3 heterocycles. The minimum atomic E-state index is -1.45. The van der Waals surface area contributed by atoms with Crippen molar-refractivity contribution in [1.82, 2.24) is 14.6 Å². The Hall–Kier alpha value is -3.25. The average molecular weight is 421 g/mol. The van der Waals surface area contributed by atoms with Crippen molar-refractivity contribution < 1.29 is 33.3 Å². The predicted octanol–water partition coefficient (Wildman–Crippen LogP) is -0.493. The monoisotopic (exact) mass is 421 g/mol. The summed E-state index contributed by atoms with van der Waals surface area (Å²) in [6, 6.07) is 3.35. The highest BCUT2D eigenvalue weighted by Crippen LogP contribution is 2.44. The molecular weight excluding hydrogens is 398 g/mol. The standard InChI is InChI=1S/C18H23N5O7/c1-9(24)27-7-18(6-19)16(29-11(3)26)15(28-10(2)25)14(30-18)12-4-5-13-17(20)21-8-22-23(12)13/h4-5,8,14-16H,6-7,19H2,1-3H3,(H2,20,21,22)/t14-,15-,16-,18+/m0/s1. The van der Waals surface area contributed by atoms with Gasteiger partial charge in [-0.1, -0.05) is 0 Å². The highest BCUT2D eigenvalue weighted by Gasteiger charge is 2.60. The summed E-state index contributed by atoms with van der Waals surface area (Å²) in [5.74, 6) is -1.61. The molecule has 4 N–H and O–H groups in total. The number of carbonyl (C=O) groups is 3. The van der Waals surface area contributed by atoms with Gasteiger partial charge in [0.25, 0.3) is 0 Å². The molecule has 0 amide bonds. The maximum absolute atomic E-state index is 11.8. The van der Waals surface area contributed by atoms with Crippen LogP contribution >= 0.6 is 0 Å². The first-order chi connectivity index (χ1) is 14.2. The Morgan fingerprint density at radius 3 is 2.47 bits per heavy atom. The molecule has 1 aliphatic rings. The lowest BCUT2D eigenvalue weighted by atomic mass is 9.94. The van der Waals surface area contributed by atoms with Crippen LogP contribution in [0.3, 0.4) is 0 Å². The van der Waals surface area contributed by atoms with Gasteiger partial charge in [-0.05, 0) is 12.1 Å². The molecule has 0 bridgehead atoms. The molecule has 0 aromatic carbocycles. The van der Waals surface area contributed by atoms with Gasteiger partial charge < -0.3 is 30.4 Å². The van der Waals surface area contributed by atoms with E-state index in [-0.39, 0.29) is 19.0 Å². The predicted molar refractivity (Wildman–Crippen MR) is 101 cm³/mol. The van der Waals surface area contributed by atoms with Gasteiger partial charge in [0.05, 0.1) is 5.69 Å². The van der Waals surface area contributed by atoms with Crippen molar-refractivity contribution in [2.24, 2.45) is 5.73 Å². The molecular formula is C18H23N5O7. The highest BCUT2D eigenvalue weighted by atomic mass is 16.7. The molecule has 1 fully saturated rings. The zero-order valence-corrected chi connectivity index (χ0v) is 16.7. The van der Waals surface area contributed by atoms with E-state index in [1.165, 1.54) is 31.6 Å². The fourth-order valence-electron chi connectivity index (χ4n) is 3.49. The quantitative estimate of drug-likeness (QED) is 0.455. The fourth-order valence-corrected chi connectivity index (χ4v) is 3.49. The summed E-state index contributed by atoms with van der Waals surface area (Å²) < 4.78 is 23.7. The normalized spacial score (nSPS) is 25.8. The van der Waals surface area contributed by atoms with Crippen LogP contribution in [-0.2, 0) is 33.3 Å². The van der Waals surface area contributed by atoms with E-state index in [0.29, 0.717) is 11.2 Å². The number of nitrogens with zero attached hydrogens (tertiary/aromatic N) is 3.